The topological polar surface area (TPSA) is 46.1 Å². The fraction of sp³-hybridized carbons (Fsp3) is 0.381. The number of likely N-dealkylation sites (tertiary alicyclic amines) is 1. The minimum atomic E-state index is -1.72. The van der Waals surface area contributed by atoms with E-state index < -0.39 is 5.67 Å². The summed E-state index contributed by atoms with van der Waals surface area (Å²) in [7, 11) is 0. The standard InChI is InChI=1S/C21H22FN3OS/c1-2-25-7-5-21(22,6-8-25)20(26)11-18-10-17-9-15(19-13-23-14-27-19)3-4-16(17)12-24-18/h3-4,9-10,12-14H,2,5-8,11H2,1H3. The summed E-state index contributed by atoms with van der Waals surface area (Å²) in [6, 6.07) is 8.03. The average molecular weight is 383 g/mol. The molecule has 4 nitrogen and oxygen atoms in total. The number of pyridine rings is 1. The number of nitrogens with zero attached hydrogens (tertiary/aromatic N) is 3. The second kappa shape index (κ2) is 7.44. The maximum absolute atomic E-state index is 15.1. The maximum Gasteiger partial charge on any atom is 0.175 e. The van der Waals surface area contributed by atoms with E-state index in [-0.39, 0.29) is 25.0 Å². The van der Waals surface area contributed by atoms with Gasteiger partial charge in [-0.2, -0.15) is 0 Å². The highest BCUT2D eigenvalue weighted by Crippen LogP contribution is 2.30. The number of rotatable bonds is 5. The molecule has 0 amide bonds. The molecule has 1 aliphatic heterocycles. The second-order valence-corrected chi connectivity index (χ2v) is 7.99. The maximum atomic E-state index is 15.1. The third kappa shape index (κ3) is 3.77. The SMILES string of the molecule is CCN1CCC(F)(C(=O)Cc2cc3cc(-c4cncs4)ccc3cn2)CC1. The van der Waals surface area contributed by atoms with Crippen molar-refractivity contribution in [1.82, 2.24) is 14.9 Å². The van der Waals surface area contributed by atoms with Crippen LogP contribution < -0.4 is 0 Å². The van der Waals surface area contributed by atoms with Gasteiger partial charge in [0.15, 0.2) is 11.5 Å². The van der Waals surface area contributed by atoms with Gasteiger partial charge in [0.1, 0.15) is 0 Å². The van der Waals surface area contributed by atoms with E-state index in [4.69, 9.17) is 0 Å². The van der Waals surface area contributed by atoms with E-state index in [1.165, 1.54) is 0 Å². The van der Waals surface area contributed by atoms with Crippen molar-refractivity contribution in [3.63, 3.8) is 0 Å². The van der Waals surface area contributed by atoms with Gasteiger partial charge in [0.05, 0.1) is 16.8 Å². The lowest BCUT2D eigenvalue weighted by molar-refractivity contribution is -0.133. The molecule has 3 heterocycles. The van der Waals surface area contributed by atoms with E-state index in [1.807, 2.05) is 24.4 Å². The molecule has 1 saturated heterocycles. The Hall–Kier alpha value is -2.18. The van der Waals surface area contributed by atoms with Gasteiger partial charge < -0.3 is 4.90 Å². The van der Waals surface area contributed by atoms with Crippen LogP contribution in [0.2, 0.25) is 0 Å². The lowest BCUT2D eigenvalue weighted by Crippen LogP contribution is -2.47. The van der Waals surface area contributed by atoms with Crippen molar-refractivity contribution in [2.75, 3.05) is 19.6 Å². The number of hydrogen-bond donors (Lipinski definition) is 0. The Labute approximate surface area is 162 Å². The number of benzene rings is 1. The van der Waals surface area contributed by atoms with Gasteiger partial charge in [0.2, 0.25) is 0 Å². The molecular formula is C21H22FN3OS. The first-order valence-corrected chi connectivity index (χ1v) is 10.2. The van der Waals surface area contributed by atoms with Crippen LogP contribution in [-0.4, -0.2) is 46.0 Å². The molecule has 0 radical (unpaired) electrons. The number of ketones is 1. The number of aromatic nitrogens is 2. The predicted molar refractivity (Wildman–Crippen MR) is 107 cm³/mol. The van der Waals surface area contributed by atoms with Gasteiger partial charge in [-0.15, -0.1) is 11.3 Å². The summed E-state index contributed by atoms with van der Waals surface area (Å²) in [4.78, 5) is 24.4. The van der Waals surface area contributed by atoms with Crippen LogP contribution in [0, 0.1) is 0 Å². The lowest BCUT2D eigenvalue weighted by atomic mass is 9.87. The fourth-order valence-electron chi connectivity index (χ4n) is 3.62. The molecule has 3 aromatic rings. The highest BCUT2D eigenvalue weighted by atomic mass is 32.1. The zero-order chi connectivity index (χ0) is 18.9. The number of fused-ring (bicyclic) bond motifs is 1. The van der Waals surface area contributed by atoms with Gasteiger partial charge in [0.25, 0.3) is 0 Å². The molecule has 1 aliphatic rings. The molecule has 0 unspecified atom stereocenters. The highest BCUT2D eigenvalue weighted by Gasteiger charge is 2.40. The zero-order valence-electron chi connectivity index (χ0n) is 15.3. The minimum absolute atomic E-state index is 0.0450. The van der Waals surface area contributed by atoms with Crippen molar-refractivity contribution in [2.45, 2.75) is 31.9 Å². The Morgan fingerprint density at radius 3 is 2.74 bits per heavy atom. The molecule has 2 aromatic heterocycles. The summed E-state index contributed by atoms with van der Waals surface area (Å²) in [5.74, 6) is -0.344. The third-order valence-corrected chi connectivity index (χ3v) is 6.25. The number of piperidine rings is 1. The fourth-order valence-corrected chi connectivity index (χ4v) is 4.24. The Bertz CT molecular complexity index is 949. The molecule has 0 atom stereocenters. The minimum Gasteiger partial charge on any atom is -0.303 e. The third-order valence-electron chi connectivity index (χ3n) is 5.43. The van der Waals surface area contributed by atoms with Gasteiger partial charge in [-0.1, -0.05) is 19.1 Å². The largest absolute Gasteiger partial charge is 0.303 e. The smallest absolute Gasteiger partial charge is 0.175 e. The first kappa shape index (κ1) is 18.2. The van der Waals surface area contributed by atoms with Gasteiger partial charge in [0, 0.05) is 49.4 Å². The summed E-state index contributed by atoms with van der Waals surface area (Å²) in [5, 5.41) is 2.01. The van der Waals surface area contributed by atoms with Crippen LogP contribution in [0.1, 0.15) is 25.5 Å². The van der Waals surface area contributed by atoms with Gasteiger partial charge in [-0.25, -0.2) is 4.39 Å². The number of carbonyl (C=O) groups is 1. The summed E-state index contributed by atoms with van der Waals surface area (Å²) in [6.07, 6.45) is 4.21. The monoisotopic (exact) mass is 383 g/mol. The molecule has 0 aliphatic carbocycles. The number of carbonyl (C=O) groups excluding carboxylic acids is 1. The molecule has 140 valence electrons. The number of hydrogen-bond acceptors (Lipinski definition) is 5. The molecule has 4 rings (SSSR count). The van der Waals surface area contributed by atoms with Crippen molar-refractivity contribution in [3.8, 4) is 10.4 Å². The lowest BCUT2D eigenvalue weighted by Gasteiger charge is -2.34. The Kier molecular flexibility index (Phi) is 5.02. The first-order chi connectivity index (χ1) is 13.1. The molecule has 6 heteroatoms. The Morgan fingerprint density at radius 1 is 1.22 bits per heavy atom. The van der Waals surface area contributed by atoms with E-state index in [9.17, 15) is 4.79 Å². The summed E-state index contributed by atoms with van der Waals surface area (Å²) in [6.45, 7) is 4.25. The molecule has 0 spiro atoms. The Morgan fingerprint density at radius 2 is 2.04 bits per heavy atom. The van der Waals surface area contributed by atoms with Crippen molar-refractivity contribution in [3.05, 3.63) is 47.9 Å². The van der Waals surface area contributed by atoms with Crippen LogP contribution in [0.15, 0.2) is 42.2 Å². The normalized spacial score (nSPS) is 17.3. The molecule has 0 N–H and O–H groups in total. The van der Waals surface area contributed by atoms with Gasteiger partial charge in [-0.05, 0) is 29.6 Å². The highest BCUT2D eigenvalue weighted by molar-refractivity contribution is 7.13. The van der Waals surface area contributed by atoms with Crippen LogP contribution in [0.5, 0.6) is 0 Å². The van der Waals surface area contributed by atoms with E-state index in [2.05, 4.69) is 27.9 Å². The molecule has 27 heavy (non-hydrogen) atoms. The summed E-state index contributed by atoms with van der Waals surface area (Å²) >= 11 is 1.59. The average Bonchev–Trinajstić information content (AvgIpc) is 3.23. The summed E-state index contributed by atoms with van der Waals surface area (Å²) in [5.41, 5.74) is 1.80. The van der Waals surface area contributed by atoms with Crippen LogP contribution in [0.3, 0.4) is 0 Å². The molecule has 1 aromatic carbocycles. The molecular weight excluding hydrogens is 361 g/mol. The molecule has 0 saturated carbocycles. The van der Waals surface area contributed by atoms with Gasteiger partial charge >= 0.3 is 0 Å². The quantitative estimate of drug-likeness (QED) is 0.659. The van der Waals surface area contributed by atoms with Crippen molar-refractivity contribution < 1.29 is 9.18 Å². The second-order valence-electron chi connectivity index (χ2n) is 7.10. The van der Waals surface area contributed by atoms with E-state index in [1.54, 1.807) is 23.0 Å². The van der Waals surface area contributed by atoms with Crippen molar-refractivity contribution >= 4 is 27.9 Å². The predicted octanol–water partition coefficient (Wildman–Crippen LogP) is 4.29. The molecule has 1 fully saturated rings. The van der Waals surface area contributed by atoms with Crippen LogP contribution in [0.4, 0.5) is 4.39 Å². The first-order valence-electron chi connectivity index (χ1n) is 9.29. The van der Waals surface area contributed by atoms with Crippen LogP contribution in [0.25, 0.3) is 21.2 Å². The number of halogens is 1. The number of thiazole rings is 1. The van der Waals surface area contributed by atoms with E-state index in [0.717, 1.165) is 27.8 Å². The van der Waals surface area contributed by atoms with Crippen LogP contribution in [-0.2, 0) is 11.2 Å². The van der Waals surface area contributed by atoms with Crippen LogP contribution >= 0.6 is 11.3 Å². The molecule has 0 bridgehead atoms. The van der Waals surface area contributed by atoms with Crippen molar-refractivity contribution in [2.24, 2.45) is 0 Å². The Balaban J connectivity index is 1.54. The zero-order valence-corrected chi connectivity index (χ0v) is 16.1. The van der Waals surface area contributed by atoms with E-state index in [0.29, 0.717) is 18.8 Å². The number of alkyl halides is 1. The van der Waals surface area contributed by atoms with Crippen molar-refractivity contribution in [1.29, 1.82) is 0 Å². The van der Waals surface area contributed by atoms with Gasteiger partial charge in [-0.3, -0.25) is 14.8 Å². The van der Waals surface area contributed by atoms with E-state index >= 15 is 4.39 Å². The number of Topliss-reactive ketones (excluding diaryl/α,β-unsaturated/α-hetero) is 1. The summed E-state index contributed by atoms with van der Waals surface area (Å²) < 4.78 is 15.1.